The smallest absolute Gasteiger partial charge is 0.213 e. The summed E-state index contributed by atoms with van der Waals surface area (Å²) in [6.45, 7) is 1.18. The zero-order chi connectivity index (χ0) is 23.7. The standard InChI is InChI=1S/C28H25N2O4/c1-31-25-8-7-20-12-24-22-14-27(33-3)26(32-2)13-21(22)9-10-30(24)16-23(20)28(25)34-17-19-6-4-5-18(11-19)15-29/h4-8,11-14,16H,9-10,17H2,1-3H3/q+1. The van der Waals surface area contributed by atoms with Gasteiger partial charge in [0.05, 0.1) is 43.9 Å². The van der Waals surface area contributed by atoms with Crippen molar-refractivity contribution in [3.63, 3.8) is 0 Å². The molecular formula is C28H25N2O4+. The summed E-state index contributed by atoms with van der Waals surface area (Å²) in [4.78, 5) is 0. The minimum atomic E-state index is 0.340. The summed E-state index contributed by atoms with van der Waals surface area (Å²) in [7, 11) is 4.96. The van der Waals surface area contributed by atoms with Crippen LogP contribution in [-0.4, -0.2) is 21.3 Å². The predicted molar refractivity (Wildman–Crippen MR) is 128 cm³/mol. The van der Waals surface area contributed by atoms with E-state index in [4.69, 9.17) is 18.9 Å². The molecule has 1 aliphatic rings. The lowest BCUT2D eigenvalue weighted by molar-refractivity contribution is -0.686. The number of fused-ring (bicyclic) bond motifs is 4. The van der Waals surface area contributed by atoms with Gasteiger partial charge in [0.25, 0.3) is 0 Å². The fraction of sp³-hybridized carbons (Fsp3) is 0.214. The Balaban J connectivity index is 1.59. The Labute approximate surface area is 198 Å². The molecule has 5 rings (SSSR count). The zero-order valence-corrected chi connectivity index (χ0v) is 19.4. The molecule has 34 heavy (non-hydrogen) atoms. The highest BCUT2D eigenvalue weighted by Gasteiger charge is 2.27. The minimum absolute atomic E-state index is 0.340. The van der Waals surface area contributed by atoms with Gasteiger partial charge in [-0.1, -0.05) is 12.1 Å². The average molecular weight is 454 g/mol. The van der Waals surface area contributed by atoms with E-state index < -0.39 is 0 Å². The van der Waals surface area contributed by atoms with Crippen molar-refractivity contribution in [2.24, 2.45) is 0 Å². The third kappa shape index (κ3) is 3.75. The lowest BCUT2D eigenvalue weighted by atomic mass is 9.95. The van der Waals surface area contributed by atoms with Crippen molar-refractivity contribution in [2.75, 3.05) is 21.3 Å². The molecule has 0 spiro atoms. The van der Waals surface area contributed by atoms with Crippen LogP contribution in [0.3, 0.4) is 0 Å². The monoisotopic (exact) mass is 453 g/mol. The molecule has 0 saturated heterocycles. The highest BCUT2D eigenvalue weighted by atomic mass is 16.5. The molecule has 3 aromatic carbocycles. The molecule has 170 valence electrons. The van der Waals surface area contributed by atoms with Crippen molar-refractivity contribution >= 4 is 10.8 Å². The fourth-order valence-corrected chi connectivity index (χ4v) is 4.53. The van der Waals surface area contributed by atoms with Gasteiger partial charge in [-0.3, -0.25) is 0 Å². The topological polar surface area (TPSA) is 64.6 Å². The zero-order valence-electron chi connectivity index (χ0n) is 19.4. The maximum atomic E-state index is 9.19. The number of hydrogen-bond acceptors (Lipinski definition) is 5. The number of aromatic nitrogens is 1. The molecule has 1 aromatic heterocycles. The van der Waals surface area contributed by atoms with E-state index in [0.29, 0.717) is 29.4 Å². The molecule has 0 N–H and O–H groups in total. The van der Waals surface area contributed by atoms with Crippen LogP contribution < -0.4 is 23.5 Å². The summed E-state index contributed by atoms with van der Waals surface area (Å²) in [5.41, 5.74) is 5.03. The Morgan fingerprint density at radius 2 is 1.71 bits per heavy atom. The number of pyridine rings is 1. The number of aryl methyl sites for hydroxylation is 2. The first-order valence-corrected chi connectivity index (χ1v) is 11.1. The normalized spacial score (nSPS) is 11.8. The molecule has 0 amide bonds. The number of ether oxygens (including phenoxy) is 4. The molecule has 6 heteroatoms. The molecule has 0 aliphatic carbocycles. The van der Waals surface area contributed by atoms with Crippen molar-refractivity contribution in [3.05, 3.63) is 77.5 Å². The van der Waals surface area contributed by atoms with Crippen molar-refractivity contribution < 1.29 is 23.5 Å². The van der Waals surface area contributed by atoms with Crippen molar-refractivity contribution in [1.29, 1.82) is 5.26 Å². The molecule has 0 saturated carbocycles. The first-order valence-electron chi connectivity index (χ1n) is 11.1. The number of hydrogen-bond donors (Lipinski definition) is 0. The quantitative estimate of drug-likeness (QED) is 0.392. The fourth-order valence-electron chi connectivity index (χ4n) is 4.53. The SMILES string of the molecule is COc1cc2c(cc1OC)-c1cc3ccc(OC)c(OCc4cccc(C#N)c4)c3c[n+]1CC2. The molecule has 0 radical (unpaired) electrons. The number of nitriles is 1. The molecule has 0 unspecified atom stereocenters. The molecular weight excluding hydrogens is 428 g/mol. The summed E-state index contributed by atoms with van der Waals surface area (Å²) in [6.07, 6.45) is 3.02. The summed E-state index contributed by atoms with van der Waals surface area (Å²) in [5, 5.41) is 11.2. The molecule has 1 aliphatic heterocycles. The van der Waals surface area contributed by atoms with Crippen LogP contribution in [-0.2, 0) is 19.6 Å². The van der Waals surface area contributed by atoms with Crippen molar-refractivity contribution in [1.82, 2.24) is 0 Å². The third-order valence-electron chi connectivity index (χ3n) is 6.25. The van der Waals surface area contributed by atoms with E-state index in [0.717, 1.165) is 46.3 Å². The van der Waals surface area contributed by atoms with Crippen molar-refractivity contribution in [3.8, 4) is 40.3 Å². The highest BCUT2D eigenvalue weighted by Crippen LogP contribution is 2.40. The lowest BCUT2D eigenvalue weighted by Gasteiger charge is -2.19. The first kappa shape index (κ1) is 21.6. The van der Waals surface area contributed by atoms with Crippen LogP contribution in [0.25, 0.3) is 22.0 Å². The van der Waals surface area contributed by atoms with E-state index in [1.165, 1.54) is 5.56 Å². The van der Waals surface area contributed by atoms with E-state index >= 15 is 0 Å². The number of nitrogens with zero attached hydrogens (tertiary/aromatic N) is 2. The Morgan fingerprint density at radius 3 is 2.47 bits per heavy atom. The van der Waals surface area contributed by atoms with Gasteiger partial charge in [0.2, 0.25) is 5.69 Å². The van der Waals surface area contributed by atoms with Crippen LogP contribution in [0, 0.1) is 11.3 Å². The predicted octanol–water partition coefficient (Wildman–Crippen LogP) is 4.83. The molecule has 0 bridgehead atoms. The van der Waals surface area contributed by atoms with Gasteiger partial charge in [0.1, 0.15) is 6.61 Å². The van der Waals surface area contributed by atoms with E-state index in [1.807, 2.05) is 36.4 Å². The first-order chi connectivity index (χ1) is 16.6. The van der Waals surface area contributed by atoms with Crippen LogP contribution in [0.15, 0.2) is 60.8 Å². The second-order valence-corrected chi connectivity index (χ2v) is 8.17. The molecule has 4 aromatic rings. The maximum absolute atomic E-state index is 9.19. The van der Waals surface area contributed by atoms with Gasteiger partial charge in [-0.15, -0.1) is 0 Å². The van der Waals surface area contributed by atoms with Gasteiger partial charge in [-0.2, -0.15) is 9.83 Å². The highest BCUT2D eigenvalue weighted by molar-refractivity contribution is 5.91. The van der Waals surface area contributed by atoms with Crippen LogP contribution in [0.1, 0.15) is 16.7 Å². The van der Waals surface area contributed by atoms with Gasteiger partial charge in [0, 0.05) is 12.5 Å². The van der Waals surface area contributed by atoms with E-state index in [-0.39, 0.29) is 0 Å². The van der Waals surface area contributed by atoms with Crippen LogP contribution in [0.4, 0.5) is 0 Å². The minimum Gasteiger partial charge on any atom is -0.493 e. The van der Waals surface area contributed by atoms with Gasteiger partial charge in [0.15, 0.2) is 35.7 Å². The Hall–Kier alpha value is -4.24. The van der Waals surface area contributed by atoms with Gasteiger partial charge >= 0.3 is 0 Å². The van der Waals surface area contributed by atoms with E-state index in [2.05, 4.69) is 29.0 Å². The molecule has 6 nitrogen and oxygen atoms in total. The Kier molecular flexibility index (Phi) is 5.69. The summed E-state index contributed by atoms with van der Waals surface area (Å²) in [5.74, 6) is 2.83. The summed E-state index contributed by atoms with van der Waals surface area (Å²) in [6, 6.07) is 19.9. The van der Waals surface area contributed by atoms with Gasteiger partial charge < -0.3 is 18.9 Å². The number of methoxy groups -OCH3 is 3. The van der Waals surface area contributed by atoms with Crippen LogP contribution in [0.2, 0.25) is 0 Å². The maximum Gasteiger partial charge on any atom is 0.213 e. The largest absolute Gasteiger partial charge is 0.493 e. The molecule has 0 atom stereocenters. The third-order valence-corrected chi connectivity index (χ3v) is 6.25. The van der Waals surface area contributed by atoms with E-state index in [1.54, 1.807) is 27.4 Å². The Morgan fingerprint density at radius 1 is 0.912 bits per heavy atom. The van der Waals surface area contributed by atoms with Crippen molar-refractivity contribution in [2.45, 2.75) is 19.6 Å². The number of benzene rings is 3. The van der Waals surface area contributed by atoms with Crippen LogP contribution >= 0.6 is 0 Å². The average Bonchev–Trinajstić information content (AvgIpc) is 2.89. The van der Waals surface area contributed by atoms with E-state index in [9.17, 15) is 5.26 Å². The molecule has 2 heterocycles. The lowest BCUT2D eigenvalue weighted by Crippen LogP contribution is -2.40. The molecule has 0 fully saturated rings. The van der Waals surface area contributed by atoms with Gasteiger partial charge in [-0.25, -0.2) is 0 Å². The number of rotatable bonds is 6. The van der Waals surface area contributed by atoms with Gasteiger partial charge in [-0.05, 0) is 52.9 Å². The second-order valence-electron chi connectivity index (χ2n) is 8.17. The second kappa shape index (κ2) is 8.95. The Bertz CT molecular complexity index is 1440. The summed E-state index contributed by atoms with van der Waals surface area (Å²) < 4.78 is 25.2. The van der Waals surface area contributed by atoms with Crippen LogP contribution in [0.5, 0.6) is 23.0 Å². The summed E-state index contributed by atoms with van der Waals surface area (Å²) >= 11 is 0.